The van der Waals surface area contributed by atoms with E-state index < -0.39 is 0 Å². The van der Waals surface area contributed by atoms with Crippen LogP contribution in [-0.4, -0.2) is 11.6 Å². The van der Waals surface area contributed by atoms with Crippen molar-refractivity contribution in [2.45, 2.75) is 25.4 Å². The number of benzene rings is 1. The van der Waals surface area contributed by atoms with Crippen molar-refractivity contribution in [1.82, 2.24) is 4.98 Å². The molecule has 0 radical (unpaired) electrons. The Morgan fingerprint density at radius 1 is 1.28 bits per heavy atom. The number of halogens is 1. The van der Waals surface area contributed by atoms with Gasteiger partial charge in [-0.25, -0.2) is 0 Å². The Morgan fingerprint density at radius 2 is 2.17 bits per heavy atom. The van der Waals surface area contributed by atoms with Crippen LogP contribution in [0.25, 0.3) is 10.9 Å². The first-order valence-corrected chi connectivity index (χ1v) is 6.56. The van der Waals surface area contributed by atoms with Crippen LogP contribution in [0.15, 0.2) is 29.1 Å². The van der Waals surface area contributed by atoms with E-state index in [4.69, 9.17) is 16.3 Å². The third-order valence-corrected chi connectivity index (χ3v) is 3.57. The molecule has 4 heteroatoms. The zero-order chi connectivity index (χ0) is 12.5. The van der Waals surface area contributed by atoms with Crippen LogP contribution in [-0.2, 0) is 4.74 Å². The number of aromatic amines is 1. The number of H-pyrrole nitrogens is 1. The van der Waals surface area contributed by atoms with Gasteiger partial charge in [0.25, 0.3) is 0 Å². The summed E-state index contributed by atoms with van der Waals surface area (Å²) in [6, 6.07) is 6.95. The maximum atomic E-state index is 12.1. The summed E-state index contributed by atoms with van der Waals surface area (Å²) >= 11 is 5.90. The summed E-state index contributed by atoms with van der Waals surface area (Å²) < 4.78 is 5.70. The molecular weight excluding hydrogens is 250 g/mol. The minimum atomic E-state index is -0.00424. The molecule has 0 bridgehead atoms. The fourth-order valence-corrected chi connectivity index (χ4v) is 2.57. The quantitative estimate of drug-likeness (QED) is 0.857. The van der Waals surface area contributed by atoms with E-state index in [1.165, 1.54) is 0 Å². The number of hydrogen-bond donors (Lipinski definition) is 1. The van der Waals surface area contributed by atoms with Gasteiger partial charge in [-0.05, 0) is 37.5 Å². The molecule has 0 aliphatic carbocycles. The van der Waals surface area contributed by atoms with Gasteiger partial charge in [0.1, 0.15) is 0 Å². The van der Waals surface area contributed by atoms with E-state index in [-0.39, 0.29) is 11.5 Å². The smallest absolute Gasteiger partial charge is 0.189 e. The molecule has 1 aliphatic heterocycles. The van der Waals surface area contributed by atoms with E-state index in [0.29, 0.717) is 10.4 Å². The number of aromatic nitrogens is 1. The summed E-state index contributed by atoms with van der Waals surface area (Å²) in [5.74, 6) is 0. The minimum absolute atomic E-state index is 0.00424. The molecule has 1 aromatic heterocycles. The monoisotopic (exact) mass is 263 g/mol. The van der Waals surface area contributed by atoms with Crippen LogP contribution < -0.4 is 5.43 Å². The molecule has 2 aromatic rings. The number of nitrogens with one attached hydrogen (secondary N) is 1. The largest absolute Gasteiger partial charge is 0.372 e. The van der Waals surface area contributed by atoms with Crippen molar-refractivity contribution in [3.05, 3.63) is 45.2 Å². The molecule has 3 rings (SSSR count). The number of ether oxygens (including phenoxy) is 1. The molecule has 1 N–H and O–H groups in total. The second-order valence-electron chi connectivity index (χ2n) is 4.63. The van der Waals surface area contributed by atoms with E-state index >= 15 is 0 Å². The number of rotatable bonds is 1. The molecule has 1 unspecified atom stereocenters. The van der Waals surface area contributed by atoms with Crippen molar-refractivity contribution in [1.29, 1.82) is 0 Å². The minimum Gasteiger partial charge on any atom is -0.372 e. The van der Waals surface area contributed by atoms with Gasteiger partial charge in [-0.2, -0.15) is 0 Å². The first kappa shape index (κ1) is 11.8. The second-order valence-corrected chi connectivity index (χ2v) is 5.07. The molecule has 18 heavy (non-hydrogen) atoms. The Kier molecular flexibility index (Phi) is 3.10. The van der Waals surface area contributed by atoms with Gasteiger partial charge in [0.15, 0.2) is 5.43 Å². The highest BCUT2D eigenvalue weighted by Gasteiger charge is 2.17. The Morgan fingerprint density at radius 3 is 2.94 bits per heavy atom. The molecule has 3 nitrogen and oxygen atoms in total. The van der Waals surface area contributed by atoms with Gasteiger partial charge in [0.05, 0.1) is 6.10 Å². The van der Waals surface area contributed by atoms with Gasteiger partial charge < -0.3 is 9.72 Å². The summed E-state index contributed by atoms with van der Waals surface area (Å²) in [6.45, 7) is 0.769. The van der Waals surface area contributed by atoms with Crippen molar-refractivity contribution >= 4 is 22.5 Å². The van der Waals surface area contributed by atoms with Crippen LogP contribution in [0.5, 0.6) is 0 Å². The Balaban J connectivity index is 2.09. The second kappa shape index (κ2) is 4.75. The molecule has 1 aromatic carbocycles. The predicted molar refractivity (Wildman–Crippen MR) is 72.1 cm³/mol. The highest BCUT2D eigenvalue weighted by Crippen LogP contribution is 2.27. The van der Waals surface area contributed by atoms with E-state index in [9.17, 15) is 4.79 Å². The molecule has 0 saturated carbocycles. The third kappa shape index (κ3) is 2.16. The molecule has 2 heterocycles. The number of pyridine rings is 1. The van der Waals surface area contributed by atoms with Crippen LogP contribution in [0.2, 0.25) is 5.02 Å². The molecule has 1 saturated heterocycles. The van der Waals surface area contributed by atoms with Crippen LogP contribution >= 0.6 is 11.6 Å². The molecule has 1 atom stereocenters. The summed E-state index contributed by atoms with van der Waals surface area (Å²) in [4.78, 5) is 15.3. The molecule has 94 valence electrons. The van der Waals surface area contributed by atoms with Gasteiger partial charge in [-0.3, -0.25) is 4.79 Å². The van der Waals surface area contributed by atoms with Gasteiger partial charge in [-0.1, -0.05) is 11.6 Å². The summed E-state index contributed by atoms with van der Waals surface area (Å²) in [5, 5.41) is 1.21. The van der Waals surface area contributed by atoms with Crippen molar-refractivity contribution in [2.24, 2.45) is 0 Å². The van der Waals surface area contributed by atoms with Crippen molar-refractivity contribution in [2.75, 3.05) is 6.61 Å². The number of hydrogen-bond acceptors (Lipinski definition) is 2. The average molecular weight is 264 g/mol. The fourth-order valence-electron chi connectivity index (χ4n) is 2.40. The first-order valence-electron chi connectivity index (χ1n) is 6.18. The topological polar surface area (TPSA) is 42.1 Å². The first-order chi connectivity index (χ1) is 8.74. The lowest BCUT2D eigenvalue weighted by molar-refractivity contribution is 0.0124. The lowest BCUT2D eigenvalue weighted by atomic mass is 10.0. The van der Waals surface area contributed by atoms with E-state index in [0.717, 1.165) is 37.1 Å². The molecule has 0 amide bonds. The molecule has 0 spiro atoms. The predicted octanol–water partition coefficient (Wildman–Crippen LogP) is 3.42. The summed E-state index contributed by atoms with van der Waals surface area (Å²) in [7, 11) is 0. The average Bonchev–Trinajstić information content (AvgIpc) is 2.40. The summed E-state index contributed by atoms with van der Waals surface area (Å²) in [5.41, 5.74) is 1.68. The fraction of sp³-hybridized carbons (Fsp3) is 0.357. The SMILES string of the molecule is O=c1cc(C2CCCCO2)[nH]c2ccc(Cl)cc12. The Bertz CT molecular complexity index is 629. The Hall–Kier alpha value is -1.32. The molecule has 1 fully saturated rings. The van der Waals surface area contributed by atoms with E-state index in [1.54, 1.807) is 18.2 Å². The van der Waals surface area contributed by atoms with Gasteiger partial charge >= 0.3 is 0 Å². The van der Waals surface area contributed by atoms with Crippen LogP contribution in [0.4, 0.5) is 0 Å². The lowest BCUT2D eigenvalue weighted by Gasteiger charge is -2.22. The highest BCUT2D eigenvalue weighted by molar-refractivity contribution is 6.31. The maximum absolute atomic E-state index is 12.1. The van der Waals surface area contributed by atoms with E-state index in [1.807, 2.05) is 6.07 Å². The van der Waals surface area contributed by atoms with Crippen LogP contribution in [0.1, 0.15) is 31.1 Å². The zero-order valence-electron chi connectivity index (χ0n) is 9.91. The molecular formula is C14H14ClNO2. The Labute approximate surface area is 110 Å². The third-order valence-electron chi connectivity index (χ3n) is 3.34. The van der Waals surface area contributed by atoms with Gasteiger partial charge in [0, 0.05) is 34.3 Å². The molecule has 1 aliphatic rings. The summed E-state index contributed by atoms with van der Waals surface area (Å²) in [6.07, 6.45) is 3.23. The van der Waals surface area contributed by atoms with Gasteiger partial charge in [-0.15, -0.1) is 0 Å². The van der Waals surface area contributed by atoms with Crippen molar-refractivity contribution in [3.8, 4) is 0 Å². The zero-order valence-corrected chi connectivity index (χ0v) is 10.7. The lowest BCUT2D eigenvalue weighted by Crippen LogP contribution is -2.15. The van der Waals surface area contributed by atoms with Crippen LogP contribution in [0.3, 0.4) is 0 Å². The normalized spacial score (nSPS) is 20.2. The van der Waals surface area contributed by atoms with Crippen molar-refractivity contribution in [3.63, 3.8) is 0 Å². The van der Waals surface area contributed by atoms with Crippen LogP contribution in [0, 0.1) is 0 Å². The maximum Gasteiger partial charge on any atom is 0.189 e. The number of fused-ring (bicyclic) bond motifs is 1. The van der Waals surface area contributed by atoms with Crippen molar-refractivity contribution < 1.29 is 4.74 Å². The highest BCUT2D eigenvalue weighted by atomic mass is 35.5. The van der Waals surface area contributed by atoms with E-state index in [2.05, 4.69) is 4.98 Å². The van der Waals surface area contributed by atoms with Gasteiger partial charge in [0.2, 0.25) is 0 Å². The standard InChI is InChI=1S/C14H14ClNO2/c15-9-4-5-11-10(7-9)13(17)8-12(16-11)14-3-1-2-6-18-14/h4-5,7-8,14H,1-3,6H2,(H,16,17).